The standard InChI is InChI=1S/C28H40N4O6.4H2S/c1-36-16-15-30-11-13-31(14-12-30)21-9-7-20(8-10-21)27(34)29-24(19-5-3-4-6-19)28(35)32-17-23(37-2)26-25(32)22(33)18-38-26;;;;/h7-10,19,23-26H,3-6,11-18H2,1-2H3,(H,29,34);4*1H2/t23-,24-,25+,26+;;;;/m0..../s1. The van der Waals surface area contributed by atoms with E-state index in [1.807, 2.05) is 24.3 Å². The number of anilines is 1. The highest BCUT2D eigenvalue weighted by Gasteiger charge is 2.54. The number of carbonyl (C=O) groups is 3. The molecule has 1 aromatic rings. The summed E-state index contributed by atoms with van der Waals surface area (Å²) in [5.41, 5.74) is 1.61. The Morgan fingerprint density at radius 1 is 1.00 bits per heavy atom. The number of hydrogen-bond acceptors (Lipinski definition) is 8. The number of nitrogens with one attached hydrogen (secondary N) is 1. The van der Waals surface area contributed by atoms with Crippen molar-refractivity contribution in [1.82, 2.24) is 15.1 Å². The highest BCUT2D eigenvalue weighted by atomic mass is 32.1. The van der Waals surface area contributed by atoms with E-state index < -0.39 is 18.2 Å². The molecule has 0 radical (unpaired) electrons. The van der Waals surface area contributed by atoms with Crippen LogP contribution in [0.1, 0.15) is 36.0 Å². The van der Waals surface area contributed by atoms with Crippen LogP contribution in [0.15, 0.2) is 24.3 Å². The van der Waals surface area contributed by atoms with E-state index >= 15 is 0 Å². The van der Waals surface area contributed by atoms with Gasteiger partial charge < -0.3 is 29.3 Å². The first-order valence-electron chi connectivity index (χ1n) is 13.8. The Balaban J connectivity index is 0.00000220. The minimum absolute atomic E-state index is 0. The van der Waals surface area contributed by atoms with Gasteiger partial charge in [-0.25, -0.2) is 0 Å². The third kappa shape index (κ3) is 8.52. The number of rotatable bonds is 9. The SMILES string of the molecule is COCCN1CCN(c2ccc(C(=O)N[C@H](C(=O)N3C[C@H](OC)[C@H]4OCC(=O)[C@H]43)C3CCCC3)cc2)CC1.S.S.S.S. The highest BCUT2D eigenvalue weighted by molar-refractivity contribution is 7.59. The molecular weight excluding hydrogens is 617 g/mol. The average molecular weight is 665 g/mol. The Bertz CT molecular complexity index is 1010. The molecule has 0 unspecified atom stereocenters. The number of ether oxygens (including phenoxy) is 3. The number of ketones is 1. The van der Waals surface area contributed by atoms with E-state index in [0.29, 0.717) is 12.1 Å². The first-order chi connectivity index (χ1) is 18.5. The van der Waals surface area contributed by atoms with Gasteiger partial charge in [-0.05, 0) is 43.0 Å². The molecule has 240 valence electrons. The average Bonchev–Trinajstić information content (AvgIpc) is 3.69. The minimum Gasteiger partial charge on any atom is -0.383 e. The number of methoxy groups -OCH3 is 2. The van der Waals surface area contributed by atoms with E-state index in [1.165, 1.54) is 0 Å². The van der Waals surface area contributed by atoms with Crippen LogP contribution in [-0.2, 0) is 23.8 Å². The summed E-state index contributed by atoms with van der Waals surface area (Å²) in [6, 6.07) is 6.32. The van der Waals surface area contributed by atoms with Crippen LogP contribution in [-0.4, -0.2) is 118 Å². The van der Waals surface area contributed by atoms with Crippen LogP contribution in [0.4, 0.5) is 5.69 Å². The molecule has 4 aliphatic rings. The van der Waals surface area contributed by atoms with Gasteiger partial charge in [0.1, 0.15) is 30.9 Å². The largest absolute Gasteiger partial charge is 0.383 e. The van der Waals surface area contributed by atoms with Gasteiger partial charge in [0.2, 0.25) is 5.91 Å². The van der Waals surface area contributed by atoms with Crippen molar-refractivity contribution in [2.45, 2.75) is 50.0 Å². The predicted octanol–water partition coefficient (Wildman–Crippen LogP) is 1.39. The molecule has 4 atom stereocenters. The van der Waals surface area contributed by atoms with Gasteiger partial charge in [-0.1, -0.05) is 12.8 Å². The topological polar surface area (TPSA) is 101 Å². The summed E-state index contributed by atoms with van der Waals surface area (Å²) in [7, 11) is 3.30. The van der Waals surface area contributed by atoms with Crippen molar-refractivity contribution in [2.75, 3.05) is 71.6 Å². The van der Waals surface area contributed by atoms with Crippen LogP contribution in [0.2, 0.25) is 0 Å². The van der Waals surface area contributed by atoms with Gasteiger partial charge >= 0.3 is 0 Å². The van der Waals surface area contributed by atoms with E-state index in [9.17, 15) is 14.4 Å². The van der Waals surface area contributed by atoms with Crippen molar-refractivity contribution in [3.63, 3.8) is 0 Å². The van der Waals surface area contributed by atoms with Crippen LogP contribution in [0.3, 0.4) is 0 Å². The molecule has 3 aliphatic heterocycles. The van der Waals surface area contributed by atoms with E-state index in [1.54, 1.807) is 19.1 Å². The normalized spacial score (nSPS) is 24.5. The number of carbonyl (C=O) groups excluding carboxylic acids is 3. The maximum absolute atomic E-state index is 13.8. The summed E-state index contributed by atoms with van der Waals surface area (Å²) in [5, 5.41) is 3.05. The molecular formula is C28H48N4O6S4. The second-order valence-electron chi connectivity index (χ2n) is 10.8. The van der Waals surface area contributed by atoms with Crippen LogP contribution < -0.4 is 10.2 Å². The second kappa shape index (κ2) is 18.0. The number of nitrogens with zero attached hydrogens (tertiary/aromatic N) is 3. The maximum Gasteiger partial charge on any atom is 0.251 e. The number of fused-ring (bicyclic) bond motifs is 1. The fourth-order valence-electron chi connectivity index (χ4n) is 6.40. The fraction of sp³-hybridized carbons (Fsp3) is 0.679. The molecule has 3 saturated heterocycles. The number of benzene rings is 1. The van der Waals surface area contributed by atoms with Gasteiger partial charge in [0, 0.05) is 58.2 Å². The van der Waals surface area contributed by atoms with Crippen molar-refractivity contribution in [3.05, 3.63) is 29.8 Å². The smallest absolute Gasteiger partial charge is 0.251 e. The van der Waals surface area contributed by atoms with Gasteiger partial charge in [-0.2, -0.15) is 54.0 Å². The first-order valence-corrected chi connectivity index (χ1v) is 13.8. The molecule has 1 aromatic carbocycles. The number of hydrogen-bond donors (Lipinski definition) is 1. The lowest BCUT2D eigenvalue weighted by Gasteiger charge is -2.36. The number of amides is 2. The lowest BCUT2D eigenvalue weighted by molar-refractivity contribution is -0.139. The summed E-state index contributed by atoms with van der Waals surface area (Å²) in [5.74, 6) is -0.520. The molecule has 0 spiro atoms. The first kappa shape index (κ1) is 38.9. The Labute approximate surface area is 277 Å². The zero-order valence-electron chi connectivity index (χ0n) is 24.5. The van der Waals surface area contributed by atoms with Crippen LogP contribution in [0, 0.1) is 5.92 Å². The third-order valence-corrected chi connectivity index (χ3v) is 8.63. The molecule has 1 saturated carbocycles. The predicted molar refractivity (Wildman–Crippen MR) is 183 cm³/mol. The van der Waals surface area contributed by atoms with Gasteiger partial charge in [-0.3, -0.25) is 19.3 Å². The lowest BCUT2D eigenvalue weighted by Crippen LogP contribution is -2.54. The Morgan fingerprint density at radius 2 is 1.64 bits per heavy atom. The lowest BCUT2D eigenvalue weighted by atomic mass is 9.95. The maximum atomic E-state index is 13.8. The third-order valence-electron chi connectivity index (χ3n) is 8.63. The molecule has 1 N–H and O–H groups in total. The molecule has 1 aliphatic carbocycles. The van der Waals surface area contributed by atoms with Crippen LogP contribution in [0.5, 0.6) is 0 Å². The summed E-state index contributed by atoms with van der Waals surface area (Å²) in [6.07, 6.45) is 3.05. The summed E-state index contributed by atoms with van der Waals surface area (Å²) >= 11 is 0. The molecule has 10 nitrogen and oxygen atoms in total. The highest BCUT2D eigenvalue weighted by Crippen LogP contribution is 2.33. The molecule has 0 aromatic heterocycles. The van der Waals surface area contributed by atoms with Crippen LogP contribution >= 0.6 is 54.0 Å². The Kier molecular flexibility index (Phi) is 16.7. The molecule has 2 amide bonds. The molecule has 0 bridgehead atoms. The fourth-order valence-corrected chi connectivity index (χ4v) is 6.40. The minimum atomic E-state index is -0.672. The van der Waals surface area contributed by atoms with Crippen molar-refractivity contribution in [2.24, 2.45) is 5.92 Å². The van der Waals surface area contributed by atoms with Gasteiger partial charge in [0.25, 0.3) is 5.91 Å². The molecule has 14 heteroatoms. The van der Waals surface area contributed by atoms with Crippen molar-refractivity contribution < 1.29 is 28.6 Å². The quantitative estimate of drug-likeness (QED) is 0.423. The van der Waals surface area contributed by atoms with Crippen molar-refractivity contribution in [3.8, 4) is 0 Å². The monoisotopic (exact) mass is 664 g/mol. The zero-order valence-corrected chi connectivity index (χ0v) is 28.5. The molecule has 5 rings (SSSR count). The van der Waals surface area contributed by atoms with Gasteiger partial charge in [0.05, 0.1) is 13.2 Å². The number of piperazine rings is 1. The van der Waals surface area contributed by atoms with Crippen molar-refractivity contribution >= 4 is 77.3 Å². The van der Waals surface area contributed by atoms with Gasteiger partial charge in [0.15, 0.2) is 5.78 Å². The van der Waals surface area contributed by atoms with Crippen molar-refractivity contribution in [1.29, 1.82) is 0 Å². The summed E-state index contributed by atoms with van der Waals surface area (Å²) in [6.45, 7) is 5.78. The van der Waals surface area contributed by atoms with E-state index in [2.05, 4.69) is 15.1 Å². The molecule has 4 fully saturated rings. The summed E-state index contributed by atoms with van der Waals surface area (Å²) in [4.78, 5) is 46.1. The van der Waals surface area contributed by atoms with Gasteiger partial charge in [-0.15, -0.1) is 0 Å². The Morgan fingerprint density at radius 3 is 2.24 bits per heavy atom. The molecule has 42 heavy (non-hydrogen) atoms. The Hall–Kier alpha value is -1.13. The second-order valence-corrected chi connectivity index (χ2v) is 10.8. The van der Waals surface area contributed by atoms with E-state index in [-0.39, 0.29) is 90.2 Å². The molecule has 3 heterocycles. The zero-order chi connectivity index (χ0) is 26.6. The number of Topliss-reactive ketones (excluding diaryl/α,β-unsaturated/α-hetero) is 1. The van der Waals surface area contributed by atoms with E-state index in [4.69, 9.17) is 14.2 Å². The number of likely N-dealkylation sites (tertiary alicyclic amines) is 1. The summed E-state index contributed by atoms with van der Waals surface area (Å²) < 4.78 is 16.4. The van der Waals surface area contributed by atoms with E-state index in [0.717, 1.165) is 70.7 Å². The van der Waals surface area contributed by atoms with Crippen LogP contribution in [0.25, 0.3) is 0 Å².